The van der Waals surface area contributed by atoms with E-state index in [1.807, 2.05) is 4.90 Å². The first-order chi connectivity index (χ1) is 9.56. The lowest BCUT2D eigenvalue weighted by molar-refractivity contribution is -0.125. The van der Waals surface area contributed by atoms with Crippen LogP contribution in [0.4, 0.5) is 11.4 Å². The summed E-state index contributed by atoms with van der Waals surface area (Å²) in [7, 11) is 0. The molecule has 108 valence electrons. The Labute approximate surface area is 122 Å². The Morgan fingerprint density at radius 2 is 2.30 bits per heavy atom. The lowest BCUT2D eigenvalue weighted by atomic mass is 9.96. The Hall–Kier alpha value is -1.79. The normalized spacial score (nSPS) is 18.7. The van der Waals surface area contributed by atoms with Gasteiger partial charge < -0.3 is 16.0 Å². The Bertz CT molecular complexity index is 534. The van der Waals surface area contributed by atoms with Crippen molar-refractivity contribution in [3.8, 4) is 0 Å². The number of nitrogens with one attached hydrogen (secondary N) is 2. The van der Waals surface area contributed by atoms with Gasteiger partial charge in [-0.25, -0.2) is 5.84 Å². The molecule has 0 aromatic heterocycles. The summed E-state index contributed by atoms with van der Waals surface area (Å²) >= 11 is 6.04. The fourth-order valence-corrected chi connectivity index (χ4v) is 2.79. The summed E-state index contributed by atoms with van der Waals surface area (Å²) < 4.78 is 0. The van der Waals surface area contributed by atoms with Crippen LogP contribution >= 0.6 is 11.6 Å². The summed E-state index contributed by atoms with van der Waals surface area (Å²) in [5.41, 5.74) is 9.98. The molecule has 1 fully saturated rings. The van der Waals surface area contributed by atoms with Gasteiger partial charge in [-0.05, 0) is 25.0 Å². The third kappa shape index (κ3) is 2.86. The van der Waals surface area contributed by atoms with E-state index in [4.69, 9.17) is 28.6 Å². The third-order valence-electron chi connectivity index (χ3n) is 3.57. The Kier molecular flexibility index (Phi) is 4.46. The predicted octanol–water partition coefficient (Wildman–Crippen LogP) is 1.13. The predicted molar refractivity (Wildman–Crippen MR) is 81.0 cm³/mol. The van der Waals surface area contributed by atoms with Crippen LogP contribution in [0.5, 0.6) is 0 Å². The molecule has 1 aromatic rings. The van der Waals surface area contributed by atoms with Crippen LogP contribution in [-0.4, -0.2) is 25.2 Å². The highest BCUT2D eigenvalue weighted by Gasteiger charge is 2.26. The van der Waals surface area contributed by atoms with Gasteiger partial charge in [-0.1, -0.05) is 11.6 Å². The molecular formula is C13H18ClN5O. The van der Waals surface area contributed by atoms with E-state index in [2.05, 4.69) is 5.43 Å². The molecule has 0 spiro atoms. The second-order valence-electron chi connectivity index (χ2n) is 4.87. The molecule has 1 unspecified atom stereocenters. The van der Waals surface area contributed by atoms with Crippen LogP contribution in [-0.2, 0) is 4.79 Å². The number of nitrogens with two attached hydrogens (primary N) is 2. The average molecular weight is 296 g/mol. The Morgan fingerprint density at radius 1 is 1.55 bits per heavy atom. The number of carbonyl (C=O) groups is 1. The number of rotatable bonds is 3. The van der Waals surface area contributed by atoms with Gasteiger partial charge in [0.1, 0.15) is 0 Å². The van der Waals surface area contributed by atoms with Crippen LogP contribution in [0.25, 0.3) is 0 Å². The zero-order chi connectivity index (χ0) is 14.7. The van der Waals surface area contributed by atoms with Gasteiger partial charge in [-0.3, -0.25) is 10.2 Å². The van der Waals surface area contributed by atoms with Crippen LogP contribution in [0.2, 0.25) is 5.02 Å². The molecule has 7 heteroatoms. The second kappa shape index (κ2) is 6.11. The standard InChI is InChI=1S/C13H18ClN5O/c14-9-4-11(16)10(6-15)12(5-9)19-3-1-2-8(7-19)13(20)18-17/h4-6,8,15H,1-3,7,16-17H2,(H,18,20). The number of hydrazine groups is 1. The van der Waals surface area contributed by atoms with Crippen molar-refractivity contribution in [3.63, 3.8) is 0 Å². The number of amides is 1. The number of hydrogen-bond donors (Lipinski definition) is 4. The number of anilines is 2. The quantitative estimate of drug-likeness (QED) is 0.220. The molecule has 1 aromatic carbocycles. The van der Waals surface area contributed by atoms with E-state index in [-0.39, 0.29) is 11.8 Å². The number of benzene rings is 1. The first-order valence-corrected chi connectivity index (χ1v) is 6.79. The minimum Gasteiger partial charge on any atom is -0.398 e. The van der Waals surface area contributed by atoms with Gasteiger partial charge in [0.2, 0.25) is 5.91 Å². The van der Waals surface area contributed by atoms with Gasteiger partial charge in [0, 0.05) is 41.3 Å². The number of piperidine rings is 1. The van der Waals surface area contributed by atoms with Crippen molar-refractivity contribution >= 4 is 35.1 Å². The molecule has 1 saturated heterocycles. The van der Waals surface area contributed by atoms with Gasteiger partial charge in [-0.15, -0.1) is 0 Å². The number of hydrogen-bond acceptors (Lipinski definition) is 5. The molecule has 6 nitrogen and oxygen atoms in total. The van der Waals surface area contributed by atoms with Gasteiger partial charge in [0.15, 0.2) is 0 Å². The summed E-state index contributed by atoms with van der Waals surface area (Å²) in [6.45, 7) is 1.35. The Balaban J connectivity index is 2.31. The smallest absolute Gasteiger partial charge is 0.238 e. The van der Waals surface area contributed by atoms with E-state index >= 15 is 0 Å². The van der Waals surface area contributed by atoms with Crippen molar-refractivity contribution in [2.45, 2.75) is 12.8 Å². The molecular weight excluding hydrogens is 278 g/mol. The largest absolute Gasteiger partial charge is 0.398 e. The maximum absolute atomic E-state index is 11.7. The zero-order valence-electron chi connectivity index (χ0n) is 11.0. The minimum absolute atomic E-state index is 0.160. The molecule has 2 rings (SSSR count). The summed E-state index contributed by atoms with van der Waals surface area (Å²) in [6, 6.07) is 3.40. The zero-order valence-corrected chi connectivity index (χ0v) is 11.8. The highest BCUT2D eigenvalue weighted by Crippen LogP contribution is 2.32. The van der Waals surface area contributed by atoms with E-state index in [9.17, 15) is 4.79 Å². The second-order valence-corrected chi connectivity index (χ2v) is 5.30. The fraction of sp³-hybridized carbons (Fsp3) is 0.385. The molecule has 1 amide bonds. The number of halogens is 1. The fourth-order valence-electron chi connectivity index (χ4n) is 2.57. The highest BCUT2D eigenvalue weighted by atomic mass is 35.5. The van der Waals surface area contributed by atoms with Gasteiger partial charge in [0.25, 0.3) is 0 Å². The van der Waals surface area contributed by atoms with E-state index in [1.54, 1.807) is 12.1 Å². The van der Waals surface area contributed by atoms with E-state index in [0.717, 1.165) is 25.1 Å². The first-order valence-electron chi connectivity index (χ1n) is 6.41. The monoisotopic (exact) mass is 295 g/mol. The maximum atomic E-state index is 11.7. The van der Waals surface area contributed by atoms with Crippen molar-refractivity contribution in [2.24, 2.45) is 11.8 Å². The molecule has 1 atom stereocenters. The van der Waals surface area contributed by atoms with Crippen LogP contribution in [0.15, 0.2) is 12.1 Å². The SMILES string of the molecule is N=Cc1c(N)cc(Cl)cc1N1CCCC(C(=O)NN)C1. The maximum Gasteiger partial charge on any atom is 0.238 e. The lowest BCUT2D eigenvalue weighted by Crippen LogP contribution is -2.45. The molecule has 0 aliphatic carbocycles. The summed E-state index contributed by atoms with van der Waals surface area (Å²) in [5, 5.41) is 8.03. The number of nitrogen functional groups attached to an aromatic ring is 1. The highest BCUT2D eigenvalue weighted by molar-refractivity contribution is 6.31. The number of nitrogens with zero attached hydrogens (tertiary/aromatic N) is 1. The third-order valence-corrected chi connectivity index (χ3v) is 3.79. The van der Waals surface area contributed by atoms with Crippen LogP contribution in [0.3, 0.4) is 0 Å². The lowest BCUT2D eigenvalue weighted by Gasteiger charge is -2.34. The molecule has 0 bridgehead atoms. The minimum atomic E-state index is -0.166. The summed E-state index contributed by atoms with van der Waals surface area (Å²) in [6.07, 6.45) is 2.89. The molecule has 1 aliphatic heterocycles. The summed E-state index contributed by atoms with van der Waals surface area (Å²) in [5.74, 6) is 4.87. The molecule has 6 N–H and O–H groups in total. The van der Waals surface area contributed by atoms with Crippen LogP contribution in [0.1, 0.15) is 18.4 Å². The van der Waals surface area contributed by atoms with Crippen molar-refractivity contribution < 1.29 is 4.79 Å². The van der Waals surface area contributed by atoms with Crippen LogP contribution < -0.4 is 21.9 Å². The summed E-state index contributed by atoms with van der Waals surface area (Å²) in [4.78, 5) is 13.7. The molecule has 1 heterocycles. The molecule has 1 aliphatic rings. The van der Waals surface area contributed by atoms with Crippen molar-refractivity contribution in [3.05, 3.63) is 22.7 Å². The van der Waals surface area contributed by atoms with Gasteiger partial charge >= 0.3 is 0 Å². The molecule has 0 radical (unpaired) electrons. The van der Waals surface area contributed by atoms with Gasteiger partial charge in [-0.2, -0.15) is 0 Å². The van der Waals surface area contributed by atoms with Crippen LogP contribution in [0, 0.1) is 11.3 Å². The van der Waals surface area contributed by atoms with E-state index < -0.39 is 0 Å². The topological polar surface area (TPSA) is 108 Å². The van der Waals surface area contributed by atoms with Crippen molar-refractivity contribution in [1.29, 1.82) is 5.41 Å². The van der Waals surface area contributed by atoms with Crippen molar-refractivity contribution in [1.82, 2.24) is 5.43 Å². The average Bonchev–Trinajstić information content (AvgIpc) is 2.45. The van der Waals surface area contributed by atoms with Gasteiger partial charge in [0.05, 0.1) is 5.92 Å². The Morgan fingerprint density at radius 3 is 2.95 bits per heavy atom. The first kappa shape index (κ1) is 14.6. The molecule has 0 saturated carbocycles. The molecule has 20 heavy (non-hydrogen) atoms. The van der Waals surface area contributed by atoms with Crippen molar-refractivity contribution in [2.75, 3.05) is 23.7 Å². The number of carbonyl (C=O) groups excluding carboxylic acids is 1. The van der Waals surface area contributed by atoms with E-state index in [0.29, 0.717) is 22.8 Å². The van der Waals surface area contributed by atoms with E-state index in [1.165, 1.54) is 6.21 Å².